The molecule has 0 fully saturated rings. The number of benzene rings is 2. The van der Waals surface area contributed by atoms with Gasteiger partial charge >= 0.3 is 5.91 Å². The van der Waals surface area contributed by atoms with E-state index in [2.05, 4.69) is 4.99 Å². The topological polar surface area (TPSA) is 56.7 Å². The molecule has 2 aromatic carbocycles. The van der Waals surface area contributed by atoms with Crippen molar-refractivity contribution in [1.29, 1.82) is 0 Å². The molecule has 5 heteroatoms. The molecule has 0 atom stereocenters. The molecule has 0 spiro atoms. The van der Waals surface area contributed by atoms with Crippen LogP contribution in [0.4, 0.5) is 0 Å². The Hall–Kier alpha value is -3.60. The summed E-state index contributed by atoms with van der Waals surface area (Å²) in [4.78, 5) is 17.2. The van der Waals surface area contributed by atoms with Crippen LogP contribution in [-0.4, -0.2) is 17.6 Å². The number of ether oxygens (including phenoxy) is 1. The van der Waals surface area contributed by atoms with E-state index in [0.29, 0.717) is 17.6 Å². The van der Waals surface area contributed by atoms with Gasteiger partial charge in [0, 0.05) is 23.7 Å². The number of aryl methyl sites for hydroxylation is 1. The minimum atomic E-state index is -0.402. The van der Waals surface area contributed by atoms with Gasteiger partial charge in [-0.15, -0.1) is 0 Å². The Kier molecular flexibility index (Phi) is 4.81. The molecule has 0 bridgehead atoms. The van der Waals surface area contributed by atoms with E-state index in [1.807, 2.05) is 78.4 Å². The zero-order valence-electron chi connectivity index (χ0n) is 15.8. The Morgan fingerprint density at radius 1 is 1.07 bits per heavy atom. The summed E-state index contributed by atoms with van der Waals surface area (Å²) in [6, 6.07) is 21.1. The van der Waals surface area contributed by atoms with Gasteiger partial charge in [0.1, 0.15) is 16.8 Å². The highest BCUT2D eigenvalue weighted by Gasteiger charge is 2.17. The average Bonchev–Trinajstić information content (AvgIpc) is 3.06. The summed E-state index contributed by atoms with van der Waals surface area (Å²) >= 11 is 0. The van der Waals surface area contributed by atoms with Crippen molar-refractivity contribution in [3.05, 3.63) is 95.3 Å². The van der Waals surface area contributed by atoms with Crippen LogP contribution < -0.4 is 10.2 Å². The predicted octanol–water partition coefficient (Wildman–Crippen LogP) is 4.34. The van der Waals surface area contributed by atoms with E-state index in [9.17, 15) is 4.79 Å². The van der Waals surface area contributed by atoms with Crippen molar-refractivity contribution in [3.63, 3.8) is 0 Å². The Labute approximate surface area is 162 Å². The van der Waals surface area contributed by atoms with E-state index >= 15 is 0 Å². The molecule has 5 nitrogen and oxygen atoms in total. The fourth-order valence-electron chi connectivity index (χ4n) is 3.17. The Bertz CT molecular complexity index is 1200. The first-order valence-corrected chi connectivity index (χ1v) is 9.01. The number of fused-ring (bicyclic) bond motifs is 1. The molecule has 2 heterocycles. The predicted molar refractivity (Wildman–Crippen MR) is 107 cm³/mol. The third-order valence-electron chi connectivity index (χ3n) is 4.67. The maximum atomic E-state index is 12.9. The maximum Gasteiger partial charge on any atom is 0.314 e. The van der Waals surface area contributed by atoms with Gasteiger partial charge in [0.15, 0.2) is 5.76 Å². The number of pyridine rings is 1. The zero-order chi connectivity index (χ0) is 19.5. The van der Waals surface area contributed by atoms with Gasteiger partial charge in [-0.2, -0.15) is 4.99 Å². The number of furan rings is 1. The van der Waals surface area contributed by atoms with Crippen molar-refractivity contribution in [3.8, 4) is 5.75 Å². The highest BCUT2D eigenvalue weighted by Crippen LogP contribution is 2.29. The molecular formula is C23H20N2O3. The van der Waals surface area contributed by atoms with Gasteiger partial charge in [0.05, 0.1) is 7.11 Å². The number of aromatic nitrogens is 1. The van der Waals surface area contributed by atoms with E-state index in [1.54, 1.807) is 13.2 Å². The maximum absolute atomic E-state index is 12.9. The Balaban J connectivity index is 1.73. The summed E-state index contributed by atoms with van der Waals surface area (Å²) in [5.74, 6) is 0.565. The van der Waals surface area contributed by atoms with Gasteiger partial charge in [-0.1, -0.05) is 36.4 Å². The smallest absolute Gasteiger partial charge is 0.314 e. The van der Waals surface area contributed by atoms with Gasteiger partial charge < -0.3 is 13.7 Å². The second-order valence-electron chi connectivity index (χ2n) is 6.51. The quantitative estimate of drug-likeness (QED) is 0.535. The molecule has 28 heavy (non-hydrogen) atoms. The van der Waals surface area contributed by atoms with E-state index in [1.165, 1.54) is 0 Å². The van der Waals surface area contributed by atoms with Crippen LogP contribution in [-0.2, 0) is 6.54 Å². The molecule has 0 aliphatic heterocycles. The van der Waals surface area contributed by atoms with E-state index in [0.717, 1.165) is 22.3 Å². The SMILES string of the molecule is COc1ccc2oc(C(=O)N=c3ccccn3Cc3ccccc3)c(C)c2c1. The molecule has 0 saturated carbocycles. The number of nitrogens with zero attached hydrogens (tertiary/aromatic N) is 2. The van der Waals surface area contributed by atoms with Crippen LogP contribution >= 0.6 is 0 Å². The van der Waals surface area contributed by atoms with E-state index in [4.69, 9.17) is 9.15 Å². The van der Waals surface area contributed by atoms with Crippen LogP contribution in [0, 0.1) is 6.92 Å². The molecule has 0 saturated heterocycles. The molecule has 4 rings (SSSR count). The largest absolute Gasteiger partial charge is 0.497 e. The lowest BCUT2D eigenvalue weighted by Gasteiger charge is -2.07. The summed E-state index contributed by atoms with van der Waals surface area (Å²) in [7, 11) is 1.61. The van der Waals surface area contributed by atoms with Crippen molar-refractivity contribution < 1.29 is 13.9 Å². The highest BCUT2D eigenvalue weighted by atomic mass is 16.5. The number of carbonyl (C=O) groups excluding carboxylic acids is 1. The number of hydrogen-bond donors (Lipinski definition) is 0. The van der Waals surface area contributed by atoms with Gasteiger partial charge in [-0.25, -0.2) is 0 Å². The third-order valence-corrected chi connectivity index (χ3v) is 4.67. The second-order valence-corrected chi connectivity index (χ2v) is 6.51. The summed E-state index contributed by atoms with van der Waals surface area (Å²) in [6.45, 7) is 2.49. The van der Waals surface area contributed by atoms with E-state index in [-0.39, 0.29) is 5.76 Å². The molecule has 0 N–H and O–H groups in total. The molecule has 0 aliphatic rings. The monoisotopic (exact) mass is 372 g/mol. The Morgan fingerprint density at radius 2 is 1.86 bits per heavy atom. The molecule has 0 radical (unpaired) electrons. The average molecular weight is 372 g/mol. The first kappa shape index (κ1) is 17.8. The molecule has 140 valence electrons. The standard InChI is InChI=1S/C23H20N2O3/c1-16-19-14-18(27-2)11-12-20(19)28-22(16)23(26)24-21-10-6-7-13-25(21)15-17-8-4-3-5-9-17/h3-14H,15H2,1-2H3. The van der Waals surface area contributed by atoms with Gasteiger partial charge in [0.2, 0.25) is 0 Å². The first-order chi connectivity index (χ1) is 13.7. The van der Waals surface area contributed by atoms with Crippen molar-refractivity contribution in [2.24, 2.45) is 4.99 Å². The van der Waals surface area contributed by atoms with Gasteiger partial charge in [-0.05, 0) is 42.8 Å². The molecule has 4 aromatic rings. The number of carbonyl (C=O) groups is 1. The molecule has 2 aromatic heterocycles. The number of rotatable bonds is 4. The van der Waals surface area contributed by atoms with Crippen molar-refractivity contribution >= 4 is 16.9 Å². The van der Waals surface area contributed by atoms with Crippen LogP contribution in [0.2, 0.25) is 0 Å². The lowest BCUT2D eigenvalue weighted by atomic mass is 10.1. The van der Waals surface area contributed by atoms with Crippen LogP contribution in [0.25, 0.3) is 11.0 Å². The molecular weight excluding hydrogens is 352 g/mol. The minimum Gasteiger partial charge on any atom is -0.497 e. The van der Waals surface area contributed by atoms with Crippen LogP contribution in [0.15, 0.2) is 82.3 Å². The number of hydrogen-bond acceptors (Lipinski definition) is 3. The summed E-state index contributed by atoms with van der Waals surface area (Å²) in [5, 5.41) is 0.850. The molecule has 0 aliphatic carbocycles. The van der Waals surface area contributed by atoms with Crippen molar-refractivity contribution in [2.75, 3.05) is 7.11 Å². The fourth-order valence-corrected chi connectivity index (χ4v) is 3.17. The normalized spacial score (nSPS) is 11.7. The lowest BCUT2D eigenvalue weighted by Crippen LogP contribution is -2.22. The van der Waals surface area contributed by atoms with E-state index < -0.39 is 5.91 Å². The summed E-state index contributed by atoms with van der Waals surface area (Å²) in [5.41, 5.74) is 3.11. The lowest BCUT2D eigenvalue weighted by molar-refractivity contribution is 0.0972. The number of amides is 1. The van der Waals surface area contributed by atoms with Crippen molar-refractivity contribution in [1.82, 2.24) is 4.57 Å². The zero-order valence-corrected chi connectivity index (χ0v) is 15.8. The minimum absolute atomic E-state index is 0.248. The van der Waals surface area contributed by atoms with Gasteiger partial charge in [-0.3, -0.25) is 4.79 Å². The van der Waals surface area contributed by atoms with Gasteiger partial charge in [0.25, 0.3) is 0 Å². The number of methoxy groups -OCH3 is 1. The van der Waals surface area contributed by atoms with Crippen LogP contribution in [0.5, 0.6) is 5.75 Å². The summed E-state index contributed by atoms with van der Waals surface area (Å²) in [6.07, 6.45) is 1.91. The van der Waals surface area contributed by atoms with Crippen LogP contribution in [0.3, 0.4) is 0 Å². The van der Waals surface area contributed by atoms with Crippen LogP contribution in [0.1, 0.15) is 21.7 Å². The molecule has 0 unspecified atom stereocenters. The molecule has 1 amide bonds. The Morgan fingerprint density at radius 3 is 2.64 bits per heavy atom. The summed E-state index contributed by atoms with van der Waals surface area (Å²) < 4.78 is 13.0. The first-order valence-electron chi connectivity index (χ1n) is 9.01. The highest BCUT2D eigenvalue weighted by molar-refractivity contribution is 5.99. The fraction of sp³-hybridized carbons (Fsp3) is 0.130. The van der Waals surface area contributed by atoms with Crippen molar-refractivity contribution in [2.45, 2.75) is 13.5 Å². The second kappa shape index (κ2) is 7.56. The third kappa shape index (κ3) is 3.47.